The minimum atomic E-state index is -0.794. The molecule has 0 bridgehead atoms. The molecule has 1 atom stereocenters. The second-order valence-electron chi connectivity index (χ2n) is 4.82. The van der Waals surface area contributed by atoms with Crippen LogP contribution in [-0.4, -0.2) is 16.1 Å². The van der Waals surface area contributed by atoms with Gasteiger partial charge in [0.15, 0.2) is 0 Å². The first-order valence-electron chi connectivity index (χ1n) is 6.27. The topological polar surface area (TPSA) is 50.2 Å². The Hall–Kier alpha value is -2.16. The van der Waals surface area contributed by atoms with E-state index in [1.54, 1.807) is 12.4 Å². The summed E-state index contributed by atoms with van der Waals surface area (Å²) in [5.74, 6) is -1.32. The summed E-state index contributed by atoms with van der Waals surface area (Å²) in [5.41, 5.74) is 3.92. The van der Waals surface area contributed by atoms with Crippen LogP contribution in [0.5, 0.6) is 0 Å². The number of aryl methyl sites for hydroxylation is 2. The van der Waals surface area contributed by atoms with Gasteiger partial charge in [-0.2, -0.15) is 0 Å². The van der Waals surface area contributed by atoms with Crippen molar-refractivity contribution in [3.63, 3.8) is 0 Å². The largest absolute Gasteiger partial charge is 0.481 e. The first kappa shape index (κ1) is 13.3. The van der Waals surface area contributed by atoms with Crippen LogP contribution in [0.4, 0.5) is 0 Å². The Morgan fingerprint density at radius 1 is 1.32 bits per heavy atom. The SMILES string of the molecule is Cc1ccc(C)c(C(Cc2cccnc2)C(=O)O)c1. The lowest BCUT2D eigenvalue weighted by atomic mass is 9.89. The molecule has 1 heterocycles. The van der Waals surface area contributed by atoms with Crippen LogP contribution in [-0.2, 0) is 11.2 Å². The van der Waals surface area contributed by atoms with Gasteiger partial charge in [-0.25, -0.2) is 0 Å². The zero-order valence-corrected chi connectivity index (χ0v) is 11.1. The van der Waals surface area contributed by atoms with E-state index in [0.29, 0.717) is 6.42 Å². The van der Waals surface area contributed by atoms with E-state index in [9.17, 15) is 9.90 Å². The third-order valence-electron chi connectivity index (χ3n) is 3.27. The zero-order chi connectivity index (χ0) is 13.8. The number of carboxylic acid groups (broad SMARTS) is 1. The summed E-state index contributed by atoms with van der Waals surface area (Å²) in [4.78, 5) is 15.6. The van der Waals surface area contributed by atoms with E-state index in [2.05, 4.69) is 4.98 Å². The quantitative estimate of drug-likeness (QED) is 0.913. The fourth-order valence-electron chi connectivity index (χ4n) is 2.22. The van der Waals surface area contributed by atoms with E-state index in [1.807, 2.05) is 44.2 Å². The molecule has 0 aliphatic rings. The van der Waals surface area contributed by atoms with Gasteiger partial charge in [0.1, 0.15) is 0 Å². The molecular weight excluding hydrogens is 238 g/mol. The Morgan fingerprint density at radius 2 is 2.11 bits per heavy atom. The van der Waals surface area contributed by atoms with Crippen LogP contribution in [0.3, 0.4) is 0 Å². The minimum absolute atomic E-state index is 0.466. The van der Waals surface area contributed by atoms with Crippen LogP contribution < -0.4 is 0 Å². The lowest BCUT2D eigenvalue weighted by Gasteiger charge is -2.16. The van der Waals surface area contributed by atoms with Crippen molar-refractivity contribution in [1.82, 2.24) is 4.98 Å². The Morgan fingerprint density at radius 3 is 2.74 bits per heavy atom. The lowest BCUT2D eigenvalue weighted by molar-refractivity contribution is -0.138. The van der Waals surface area contributed by atoms with E-state index in [0.717, 1.165) is 22.3 Å². The predicted molar refractivity (Wildman–Crippen MR) is 74.2 cm³/mol. The fourth-order valence-corrected chi connectivity index (χ4v) is 2.22. The van der Waals surface area contributed by atoms with Gasteiger partial charge in [0.2, 0.25) is 0 Å². The highest BCUT2D eigenvalue weighted by atomic mass is 16.4. The van der Waals surface area contributed by atoms with E-state index < -0.39 is 11.9 Å². The van der Waals surface area contributed by atoms with E-state index in [4.69, 9.17) is 0 Å². The number of aliphatic carboxylic acids is 1. The molecule has 2 rings (SSSR count). The van der Waals surface area contributed by atoms with Crippen LogP contribution >= 0.6 is 0 Å². The van der Waals surface area contributed by atoms with Gasteiger partial charge < -0.3 is 5.11 Å². The van der Waals surface area contributed by atoms with Gasteiger partial charge in [-0.3, -0.25) is 9.78 Å². The Bertz CT molecular complexity index is 579. The predicted octanol–water partition coefficient (Wildman–Crippen LogP) is 3.11. The second kappa shape index (κ2) is 5.65. The highest BCUT2D eigenvalue weighted by Gasteiger charge is 2.22. The number of pyridine rings is 1. The third kappa shape index (κ3) is 3.19. The van der Waals surface area contributed by atoms with Crippen molar-refractivity contribution in [2.24, 2.45) is 0 Å². The molecule has 0 fully saturated rings. The first-order chi connectivity index (χ1) is 9.08. The molecule has 0 amide bonds. The monoisotopic (exact) mass is 255 g/mol. The van der Waals surface area contributed by atoms with Crippen molar-refractivity contribution >= 4 is 5.97 Å². The lowest BCUT2D eigenvalue weighted by Crippen LogP contribution is -2.16. The van der Waals surface area contributed by atoms with Gasteiger partial charge in [0.05, 0.1) is 5.92 Å². The van der Waals surface area contributed by atoms with Crippen LogP contribution in [0.1, 0.15) is 28.2 Å². The maximum absolute atomic E-state index is 11.5. The van der Waals surface area contributed by atoms with Gasteiger partial charge >= 0.3 is 5.97 Å². The van der Waals surface area contributed by atoms with Crippen LogP contribution in [0.2, 0.25) is 0 Å². The standard InChI is InChI=1S/C16H17NO2/c1-11-5-6-12(2)14(8-11)15(16(18)19)9-13-4-3-7-17-10-13/h3-8,10,15H,9H2,1-2H3,(H,18,19). The summed E-state index contributed by atoms with van der Waals surface area (Å²) >= 11 is 0. The summed E-state index contributed by atoms with van der Waals surface area (Å²) in [6.07, 6.45) is 3.88. The molecule has 3 heteroatoms. The van der Waals surface area contributed by atoms with Gasteiger partial charge in [0.25, 0.3) is 0 Å². The van der Waals surface area contributed by atoms with Crippen molar-refractivity contribution in [1.29, 1.82) is 0 Å². The van der Waals surface area contributed by atoms with Crippen molar-refractivity contribution < 1.29 is 9.90 Å². The first-order valence-corrected chi connectivity index (χ1v) is 6.27. The zero-order valence-electron chi connectivity index (χ0n) is 11.1. The summed E-state index contributed by atoms with van der Waals surface area (Å²) < 4.78 is 0. The van der Waals surface area contributed by atoms with Crippen LogP contribution in [0, 0.1) is 13.8 Å². The molecular formula is C16H17NO2. The number of hydrogen-bond acceptors (Lipinski definition) is 2. The molecule has 2 aromatic rings. The van der Waals surface area contributed by atoms with Gasteiger partial charge in [-0.1, -0.05) is 29.8 Å². The van der Waals surface area contributed by atoms with Crippen molar-refractivity contribution in [3.8, 4) is 0 Å². The maximum atomic E-state index is 11.5. The summed E-state index contributed by atoms with van der Waals surface area (Å²) in [6.45, 7) is 3.93. The molecule has 0 aliphatic carbocycles. The highest BCUT2D eigenvalue weighted by Crippen LogP contribution is 2.25. The van der Waals surface area contributed by atoms with Crippen molar-refractivity contribution in [2.75, 3.05) is 0 Å². The highest BCUT2D eigenvalue weighted by molar-refractivity contribution is 5.77. The number of nitrogens with zero attached hydrogens (tertiary/aromatic N) is 1. The average Bonchev–Trinajstić information content (AvgIpc) is 2.40. The molecule has 0 saturated heterocycles. The molecule has 19 heavy (non-hydrogen) atoms. The molecule has 0 saturated carbocycles. The summed E-state index contributed by atoms with van der Waals surface area (Å²) in [5, 5.41) is 9.48. The van der Waals surface area contributed by atoms with E-state index in [1.165, 1.54) is 0 Å². The van der Waals surface area contributed by atoms with Crippen molar-refractivity contribution in [2.45, 2.75) is 26.2 Å². The Kier molecular flexibility index (Phi) is 3.95. The second-order valence-corrected chi connectivity index (χ2v) is 4.82. The smallest absolute Gasteiger partial charge is 0.311 e. The number of carboxylic acids is 1. The number of rotatable bonds is 4. The number of benzene rings is 1. The third-order valence-corrected chi connectivity index (χ3v) is 3.27. The molecule has 0 spiro atoms. The van der Waals surface area contributed by atoms with Gasteiger partial charge in [0, 0.05) is 12.4 Å². The summed E-state index contributed by atoms with van der Waals surface area (Å²) in [7, 11) is 0. The number of hydrogen-bond donors (Lipinski definition) is 1. The molecule has 3 nitrogen and oxygen atoms in total. The Balaban J connectivity index is 2.35. The van der Waals surface area contributed by atoms with Crippen LogP contribution in [0.25, 0.3) is 0 Å². The van der Waals surface area contributed by atoms with E-state index in [-0.39, 0.29) is 0 Å². The average molecular weight is 255 g/mol. The molecule has 98 valence electrons. The van der Waals surface area contributed by atoms with Crippen molar-refractivity contribution in [3.05, 3.63) is 65.0 Å². The molecule has 1 N–H and O–H groups in total. The number of carbonyl (C=O) groups is 1. The minimum Gasteiger partial charge on any atom is -0.481 e. The van der Waals surface area contributed by atoms with Gasteiger partial charge in [-0.05, 0) is 43.0 Å². The Labute approximate surface area is 112 Å². The molecule has 1 aromatic heterocycles. The van der Waals surface area contributed by atoms with Crippen LogP contribution in [0.15, 0.2) is 42.7 Å². The molecule has 1 unspecified atom stereocenters. The molecule has 0 radical (unpaired) electrons. The molecule has 1 aromatic carbocycles. The molecule has 0 aliphatic heterocycles. The van der Waals surface area contributed by atoms with E-state index >= 15 is 0 Å². The summed E-state index contributed by atoms with van der Waals surface area (Å²) in [6, 6.07) is 9.68. The fraction of sp³-hybridized carbons (Fsp3) is 0.250. The maximum Gasteiger partial charge on any atom is 0.311 e. The van der Waals surface area contributed by atoms with Gasteiger partial charge in [-0.15, -0.1) is 0 Å². The number of aromatic nitrogens is 1. The normalized spacial score (nSPS) is 12.1.